The van der Waals surface area contributed by atoms with Gasteiger partial charge < -0.3 is 19.7 Å². The highest BCUT2D eigenvalue weighted by molar-refractivity contribution is 6.29. The van der Waals surface area contributed by atoms with Crippen LogP contribution in [0.2, 0.25) is 5.22 Å². The topological polar surface area (TPSA) is 82.8 Å². The zero-order valence-corrected chi connectivity index (χ0v) is 13.6. The smallest absolute Gasteiger partial charge is 0.291 e. The molecule has 126 valence electrons. The van der Waals surface area contributed by atoms with Crippen molar-refractivity contribution in [1.29, 1.82) is 0 Å². The Morgan fingerprint density at radius 1 is 1.29 bits per heavy atom. The van der Waals surface area contributed by atoms with E-state index in [1.807, 2.05) is 0 Å². The molecular formula is C17H17ClN2O4. The Hall–Kier alpha value is -2.31. The van der Waals surface area contributed by atoms with E-state index < -0.39 is 12.0 Å². The van der Waals surface area contributed by atoms with Crippen molar-refractivity contribution < 1.29 is 19.1 Å². The van der Waals surface area contributed by atoms with Crippen LogP contribution < -0.4 is 5.32 Å². The van der Waals surface area contributed by atoms with Gasteiger partial charge in [-0.3, -0.25) is 9.59 Å². The lowest BCUT2D eigenvalue weighted by atomic mass is 10.1. The van der Waals surface area contributed by atoms with Crippen LogP contribution in [0.5, 0.6) is 0 Å². The monoisotopic (exact) mass is 348 g/mol. The fraction of sp³-hybridized carbons (Fsp3) is 0.294. The highest BCUT2D eigenvalue weighted by Gasteiger charge is 2.23. The lowest BCUT2D eigenvalue weighted by Crippen LogP contribution is -2.42. The molecule has 1 aliphatic rings. The van der Waals surface area contributed by atoms with E-state index in [1.165, 1.54) is 12.1 Å². The van der Waals surface area contributed by atoms with E-state index >= 15 is 0 Å². The van der Waals surface area contributed by atoms with E-state index in [2.05, 4.69) is 5.32 Å². The number of amides is 2. The molecule has 1 aliphatic heterocycles. The third kappa shape index (κ3) is 3.77. The molecule has 1 fully saturated rings. The Morgan fingerprint density at radius 3 is 2.83 bits per heavy atom. The third-order valence-electron chi connectivity index (χ3n) is 3.85. The van der Waals surface area contributed by atoms with E-state index in [0.29, 0.717) is 30.8 Å². The molecule has 0 saturated carbocycles. The highest BCUT2D eigenvalue weighted by Crippen LogP contribution is 2.18. The van der Waals surface area contributed by atoms with Crippen molar-refractivity contribution in [2.75, 3.05) is 18.4 Å². The zero-order chi connectivity index (χ0) is 17.1. The van der Waals surface area contributed by atoms with Crippen molar-refractivity contribution in [3.8, 4) is 0 Å². The maximum atomic E-state index is 12.5. The first-order chi connectivity index (χ1) is 11.5. The van der Waals surface area contributed by atoms with Crippen LogP contribution in [0.1, 0.15) is 33.8 Å². The lowest BCUT2D eigenvalue weighted by Gasteiger charge is -2.30. The first-order valence-electron chi connectivity index (χ1n) is 7.67. The number of hydrogen-bond donors (Lipinski definition) is 2. The van der Waals surface area contributed by atoms with Crippen molar-refractivity contribution >= 4 is 29.1 Å². The van der Waals surface area contributed by atoms with Crippen LogP contribution in [0.25, 0.3) is 0 Å². The molecule has 1 aromatic carbocycles. The standard InChI is InChI=1S/C17H17ClN2O4/c18-15-7-6-14(24-15)16(22)19-12-4-1-3-11(9-12)17(23)20-8-2-5-13(21)10-20/h1,3-4,6-7,9,13,21H,2,5,8,10H2,(H,19,22)/t13-/m1/s1. The molecule has 0 aliphatic carbocycles. The molecular weight excluding hydrogens is 332 g/mol. The van der Waals surface area contributed by atoms with Gasteiger partial charge in [0.2, 0.25) is 0 Å². The molecule has 0 unspecified atom stereocenters. The summed E-state index contributed by atoms with van der Waals surface area (Å²) in [6, 6.07) is 9.62. The number of aliphatic hydroxyl groups excluding tert-OH is 1. The number of hydrogen-bond acceptors (Lipinski definition) is 4. The van der Waals surface area contributed by atoms with E-state index in [1.54, 1.807) is 29.2 Å². The van der Waals surface area contributed by atoms with Crippen molar-refractivity contribution in [2.45, 2.75) is 18.9 Å². The summed E-state index contributed by atoms with van der Waals surface area (Å²) in [5.41, 5.74) is 0.940. The Labute approximate surface area is 144 Å². The van der Waals surface area contributed by atoms with E-state index in [0.717, 1.165) is 6.42 Å². The molecule has 2 N–H and O–H groups in total. The van der Waals surface area contributed by atoms with Crippen LogP contribution in [0.4, 0.5) is 5.69 Å². The number of nitrogens with zero attached hydrogens (tertiary/aromatic N) is 1. The summed E-state index contributed by atoms with van der Waals surface area (Å²) in [5, 5.41) is 12.5. The number of rotatable bonds is 3. The van der Waals surface area contributed by atoms with Crippen LogP contribution in [-0.4, -0.2) is 41.0 Å². The largest absolute Gasteiger partial charge is 0.440 e. The lowest BCUT2D eigenvalue weighted by molar-refractivity contribution is 0.0474. The summed E-state index contributed by atoms with van der Waals surface area (Å²) in [5.74, 6) is -0.512. The van der Waals surface area contributed by atoms with Crippen LogP contribution in [0.3, 0.4) is 0 Å². The minimum Gasteiger partial charge on any atom is -0.440 e. The molecule has 0 radical (unpaired) electrons. The van der Waals surface area contributed by atoms with Gasteiger partial charge in [-0.1, -0.05) is 6.07 Å². The van der Waals surface area contributed by atoms with E-state index in [4.69, 9.17) is 16.0 Å². The number of aliphatic hydroxyl groups is 1. The maximum absolute atomic E-state index is 12.5. The zero-order valence-electron chi connectivity index (χ0n) is 12.9. The number of nitrogens with one attached hydrogen (secondary N) is 1. The van der Waals surface area contributed by atoms with Crippen molar-refractivity contribution in [3.05, 3.63) is 52.9 Å². The summed E-state index contributed by atoms with van der Waals surface area (Å²) < 4.78 is 5.05. The molecule has 7 heteroatoms. The molecule has 3 rings (SSSR count). The van der Waals surface area contributed by atoms with Gasteiger partial charge in [-0.15, -0.1) is 0 Å². The summed E-state index contributed by atoms with van der Waals surface area (Å²) in [7, 11) is 0. The Balaban J connectivity index is 1.71. The maximum Gasteiger partial charge on any atom is 0.291 e. The second-order valence-electron chi connectivity index (χ2n) is 5.69. The minimum atomic E-state index is -0.478. The Morgan fingerprint density at radius 2 is 2.12 bits per heavy atom. The van der Waals surface area contributed by atoms with Gasteiger partial charge >= 0.3 is 0 Å². The quantitative estimate of drug-likeness (QED) is 0.893. The molecule has 24 heavy (non-hydrogen) atoms. The minimum absolute atomic E-state index is 0.0934. The van der Waals surface area contributed by atoms with Crippen molar-refractivity contribution in [1.82, 2.24) is 4.90 Å². The van der Waals surface area contributed by atoms with Gasteiger partial charge in [0.25, 0.3) is 11.8 Å². The first kappa shape index (κ1) is 16.5. The second-order valence-corrected chi connectivity index (χ2v) is 6.06. The molecule has 1 atom stereocenters. The number of carbonyl (C=O) groups is 2. The van der Waals surface area contributed by atoms with E-state index in [9.17, 15) is 14.7 Å². The summed E-state index contributed by atoms with van der Waals surface area (Å²) in [4.78, 5) is 26.2. The van der Waals surface area contributed by atoms with Crippen molar-refractivity contribution in [3.63, 3.8) is 0 Å². The van der Waals surface area contributed by atoms with Gasteiger partial charge in [-0.2, -0.15) is 0 Å². The molecule has 0 bridgehead atoms. The van der Waals surface area contributed by atoms with Gasteiger partial charge in [-0.25, -0.2) is 0 Å². The predicted molar refractivity (Wildman–Crippen MR) is 89.3 cm³/mol. The average molecular weight is 349 g/mol. The number of anilines is 1. The van der Waals surface area contributed by atoms with Gasteiger partial charge in [0, 0.05) is 24.3 Å². The number of halogens is 1. The van der Waals surface area contributed by atoms with Crippen LogP contribution in [-0.2, 0) is 0 Å². The molecule has 1 aromatic heterocycles. The van der Waals surface area contributed by atoms with E-state index in [-0.39, 0.29) is 16.9 Å². The molecule has 0 spiro atoms. The number of furan rings is 1. The Bertz CT molecular complexity index is 759. The van der Waals surface area contributed by atoms with Crippen LogP contribution in [0, 0.1) is 0 Å². The van der Waals surface area contributed by atoms with Gasteiger partial charge in [0.15, 0.2) is 11.0 Å². The second kappa shape index (κ2) is 7.07. The SMILES string of the molecule is O=C(Nc1cccc(C(=O)N2CCC[C@@H](O)C2)c1)c1ccc(Cl)o1. The van der Waals surface area contributed by atoms with Crippen molar-refractivity contribution in [2.24, 2.45) is 0 Å². The fourth-order valence-electron chi connectivity index (χ4n) is 2.68. The summed E-state index contributed by atoms with van der Waals surface area (Å²) in [6.45, 7) is 0.956. The third-order valence-corrected chi connectivity index (χ3v) is 4.05. The van der Waals surface area contributed by atoms with Crippen LogP contribution >= 0.6 is 11.6 Å². The highest BCUT2D eigenvalue weighted by atomic mass is 35.5. The van der Waals surface area contributed by atoms with Gasteiger partial charge in [-0.05, 0) is 54.8 Å². The summed E-state index contributed by atoms with van der Waals surface area (Å²) in [6.07, 6.45) is 1.02. The molecule has 1 saturated heterocycles. The molecule has 2 heterocycles. The fourth-order valence-corrected chi connectivity index (χ4v) is 2.83. The summed E-state index contributed by atoms with van der Waals surface area (Å²) >= 11 is 5.65. The number of likely N-dealkylation sites (tertiary alicyclic amines) is 1. The number of piperidine rings is 1. The molecule has 2 amide bonds. The molecule has 6 nitrogen and oxygen atoms in total. The molecule has 2 aromatic rings. The number of benzene rings is 1. The number of β-amino-alcohol motifs (C(OH)–C–C–N with tert-alkyl or cyclic N) is 1. The average Bonchev–Trinajstić information content (AvgIpc) is 3.01. The Kier molecular flexibility index (Phi) is 4.87. The first-order valence-corrected chi connectivity index (χ1v) is 8.05. The predicted octanol–water partition coefficient (Wildman–Crippen LogP) is 2.78. The van der Waals surface area contributed by atoms with Gasteiger partial charge in [0.05, 0.1) is 6.10 Å². The van der Waals surface area contributed by atoms with Crippen LogP contribution in [0.15, 0.2) is 40.8 Å². The van der Waals surface area contributed by atoms with Gasteiger partial charge in [0.1, 0.15) is 0 Å². The number of carbonyl (C=O) groups excluding carboxylic acids is 2. The normalized spacial score (nSPS) is 17.6.